The van der Waals surface area contributed by atoms with Crippen LogP contribution >= 0.6 is 47.0 Å². The molecule has 0 saturated heterocycles. The summed E-state index contributed by atoms with van der Waals surface area (Å²) in [6, 6.07) is 7.43. The largest absolute Gasteiger partial charge is 0.465 e. The van der Waals surface area contributed by atoms with Crippen LogP contribution in [0.1, 0.15) is 5.56 Å². The van der Waals surface area contributed by atoms with Crippen molar-refractivity contribution >= 4 is 63.9 Å². The van der Waals surface area contributed by atoms with E-state index in [9.17, 15) is 4.79 Å². The highest BCUT2D eigenvalue weighted by molar-refractivity contribution is 7.80. The average Bonchev–Trinajstić information content (AvgIpc) is 2.29. The molecule has 0 aliphatic rings. The van der Waals surface area contributed by atoms with Crippen molar-refractivity contribution in [1.29, 1.82) is 0 Å². The topological polar surface area (TPSA) is 73.4 Å². The van der Waals surface area contributed by atoms with Crippen molar-refractivity contribution in [1.82, 2.24) is 10.6 Å². The summed E-state index contributed by atoms with van der Waals surface area (Å²) in [5, 5.41) is 16.3. The summed E-state index contributed by atoms with van der Waals surface area (Å²) >= 11 is 22.0. The Morgan fingerprint density at radius 2 is 1.80 bits per heavy atom. The van der Waals surface area contributed by atoms with Crippen LogP contribution in [0.5, 0.6) is 0 Å². The molecule has 4 N–H and O–H groups in total. The molecular formula is C11H12Cl3N3O2S. The number of nitrogens with one attached hydrogen (secondary N) is 3. The molecule has 0 spiro atoms. The highest BCUT2D eigenvalue weighted by Gasteiger charge is 2.34. The molecule has 9 heteroatoms. The number of aryl methyl sites for hydroxylation is 1. The van der Waals surface area contributed by atoms with Gasteiger partial charge in [-0.3, -0.25) is 5.32 Å². The maximum absolute atomic E-state index is 10.6. The Kier molecular flexibility index (Phi) is 6.13. The molecular weight excluding hydrogens is 345 g/mol. The van der Waals surface area contributed by atoms with Gasteiger partial charge in [0.25, 0.3) is 0 Å². The van der Waals surface area contributed by atoms with Crippen molar-refractivity contribution in [2.75, 3.05) is 5.32 Å². The fourth-order valence-electron chi connectivity index (χ4n) is 1.26. The number of hydrogen-bond acceptors (Lipinski definition) is 2. The third-order valence-electron chi connectivity index (χ3n) is 2.18. The van der Waals surface area contributed by atoms with Gasteiger partial charge in [0.1, 0.15) is 0 Å². The number of alkyl halides is 3. The Hall–Kier alpha value is -0.950. The lowest BCUT2D eigenvalue weighted by atomic mass is 10.2. The number of amides is 1. The van der Waals surface area contributed by atoms with Gasteiger partial charge in [-0.2, -0.15) is 0 Å². The van der Waals surface area contributed by atoms with Gasteiger partial charge < -0.3 is 15.7 Å². The van der Waals surface area contributed by atoms with Crippen LogP contribution in [0.4, 0.5) is 10.5 Å². The maximum Gasteiger partial charge on any atom is 0.406 e. The van der Waals surface area contributed by atoms with Crippen LogP contribution in [0.15, 0.2) is 24.3 Å². The lowest BCUT2D eigenvalue weighted by Gasteiger charge is -2.26. The maximum atomic E-state index is 10.6. The van der Waals surface area contributed by atoms with Crippen molar-refractivity contribution in [3.8, 4) is 0 Å². The second-order valence-electron chi connectivity index (χ2n) is 3.89. The highest BCUT2D eigenvalue weighted by Crippen LogP contribution is 2.29. The number of carbonyl (C=O) groups is 1. The molecule has 0 radical (unpaired) electrons. The van der Waals surface area contributed by atoms with E-state index in [4.69, 9.17) is 52.1 Å². The summed E-state index contributed by atoms with van der Waals surface area (Å²) in [7, 11) is 0. The van der Waals surface area contributed by atoms with Gasteiger partial charge in [-0.05, 0) is 31.3 Å². The molecule has 1 aromatic rings. The summed E-state index contributed by atoms with van der Waals surface area (Å²) in [6.07, 6.45) is -2.53. The molecule has 110 valence electrons. The number of anilines is 1. The van der Waals surface area contributed by atoms with E-state index in [0.717, 1.165) is 11.3 Å². The third-order valence-corrected chi connectivity index (χ3v) is 3.05. The smallest absolute Gasteiger partial charge is 0.406 e. The first-order valence-electron chi connectivity index (χ1n) is 5.39. The van der Waals surface area contributed by atoms with E-state index in [2.05, 4.69) is 10.6 Å². The van der Waals surface area contributed by atoms with E-state index >= 15 is 0 Å². The van der Waals surface area contributed by atoms with Gasteiger partial charge in [0.15, 0.2) is 11.3 Å². The van der Waals surface area contributed by atoms with Crippen LogP contribution in [-0.4, -0.2) is 26.3 Å². The minimum Gasteiger partial charge on any atom is -0.465 e. The molecule has 5 nitrogen and oxygen atoms in total. The molecule has 0 unspecified atom stereocenters. The Morgan fingerprint density at radius 1 is 1.25 bits per heavy atom. The Morgan fingerprint density at radius 3 is 2.25 bits per heavy atom. The number of rotatable bonds is 3. The van der Waals surface area contributed by atoms with Gasteiger partial charge >= 0.3 is 6.09 Å². The Bertz CT molecular complexity index is 491. The number of benzene rings is 1. The lowest BCUT2D eigenvalue weighted by Crippen LogP contribution is -2.55. The standard InChI is InChI=1S/C11H12Cl3N3O2S/c1-6-2-4-7(5-3-6)15-9(20)16-8(11(12,13)14)17-10(18)19/h2-5,8,17H,1H3,(H,18,19)(H2,15,16,20)/t8-/m1/s1. The first-order chi connectivity index (χ1) is 9.18. The van der Waals surface area contributed by atoms with Crippen molar-refractivity contribution in [2.24, 2.45) is 0 Å². The molecule has 0 aliphatic carbocycles. The van der Waals surface area contributed by atoms with E-state index < -0.39 is 16.1 Å². The van der Waals surface area contributed by atoms with Crippen LogP contribution in [0, 0.1) is 6.92 Å². The molecule has 0 aromatic heterocycles. The zero-order valence-corrected chi connectivity index (χ0v) is 13.4. The summed E-state index contributed by atoms with van der Waals surface area (Å²) in [5.41, 5.74) is 1.83. The predicted octanol–water partition coefficient (Wildman–Crippen LogP) is 3.25. The van der Waals surface area contributed by atoms with Crippen molar-refractivity contribution in [3.05, 3.63) is 29.8 Å². The Balaban J connectivity index is 2.66. The van der Waals surface area contributed by atoms with E-state index in [-0.39, 0.29) is 5.11 Å². The SMILES string of the molecule is Cc1ccc(NC(=S)N[C@H](NC(=O)O)C(Cl)(Cl)Cl)cc1. The van der Waals surface area contributed by atoms with E-state index in [1.165, 1.54) is 0 Å². The highest BCUT2D eigenvalue weighted by atomic mass is 35.6. The van der Waals surface area contributed by atoms with Crippen LogP contribution in [-0.2, 0) is 0 Å². The van der Waals surface area contributed by atoms with Gasteiger partial charge in [0, 0.05) is 5.69 Å². The first-order valence-corrected chi connectivity index (χ1v) is 6.93. The van der Waals surface area contributed by atoms with Gasteiger partial charge in [0.05, 0.1) is 0 Å². The van der Waals surface area contributed by atoms with E-state index in [0.29, 0.717) is 0 Å². The van der Waals surface area contributed by atoms with E-state index in [1.807, 2.05) is 36.5 Å². The monoisotopic (exact) mass is 355 g/mol. The second-order valence-corrected chi connectivity index (χ2v) is 6.67. The summed E-state index contributed by atoms with van der Waals surface area (Å²) in [5.74, 6) is 0. The van der Waals surface area contributed by atoms with Crippen LogP contribution < -0.4 is 16.0 Å². The Labute approximate surface area is 136 Å². The zero-order valence-electron chi connectivity index (χ0n) is 10.3. The quantitative estimate of drug-likeness (QED) is 0.380. The summed E-state index contributed by atoms with van der Waals surface area (Å²) in [4.78, 5) is 10.6. The second kappa shape index (κ2) is 7.17. The number of carboxylic acid groups (broad SMARTS) is 1. The first kappa shape index (κ1) is 17.1. The third kappa shape index (κ3) is 6.00. The fourth-order valence-corrected chi connectivity index (χ4v) is 1.82. The van der Waals surface area contributed by atoms with Gasteiger partial charge in [0.2, 0.25) is 3.79 Å². The molecule has 0 bridgehead atoms. The minimum absolute atomic E-state index is 0.124. The van der Waals surface area contributed by atoms with Crippen molar-refractivity contribution < 1.29 is 9.90 Å². The van der Waals surface area contributed by atoms with Crippen LogP contribution in [0.2, 0.25) is 0 Å². The zero-order chi connectivity index (χ0) is 15.3. The molecule has 1 aromatic carbocycles. The molecule has 1 atom stereocenters. The van der Waals surface area contributed by atoms with E-state index in [1.54, 1.807) is 0 Å². The normalized spacial score (nSPS) is 12.4. The molecule has 0 fully saturated rings. The number of thiocarbonyl (C=S) groups is 1. The van der Waals surface area contributed by atoms with Gasteiger partial charge in [-0.25, -0.2) is 4.79 Å². The van der Waals surface area contributed by atoms with Gasteiger partial charge in [-0.15, -0.1) is 0 Å². The summed E-state index contributed by atoms with van der Waals surface area (Å²) in [6.45, 7) is 1.95. The fraction of sp³-hybridized carbons (Fsp3) is 0.273. The minimum atomic E-state index is -1.89. The van der Waals surface area contributed by atoms with Gasteiger partial charge in [-0.1, -0.05) is 52.5 Å². The molecule has 20 heavy (non-hydrogen) atoms. The number of hydrogen-bond donors (Lipinski definition) is 4. The molecule has 0 aliphatic heterocycles. The summed E-state index contributed by atoms with van der Waals surface area (Å²) < 4.78 is -1.89. The van der Waals surface area contributed by atoms with Crippen LogP contribution in [0.3, 0.4) is 0 Å². The molecule has 0 heterocycles. The lowest BCUT2D eigenvalue weighted by molar-refractivity contribution is 0.189. The average molecular weight is 357 g/mol. The predicted molar refractivity (Wildman–Crippen MR) is 85.8 cm³/mol. The van der Waals surface area contributed by atoms with Crippen molar-refractivity contribution in [2.45, 2.75) is 16.9 Å². The molecule has 1 rings (SSSR count). The molecule has 0 saturated carbocycles. The van der Waals surface area contributed by atoms with Crippen LogP contribution in [0.25, 0.3) is 0 Å². The molecule has 1 amide bonds. The number of halogens is 3. The van der Waals surface area contributed by atoms with Crippen molar-refractivity contribution in [3.63, 3.8) is 0 Å².